The molecule has 136 valence electrons. The smallest absolute Gasteiger partial charge is 0.230 e. The minimum atomic E-state index is -1.73. The average Bonchev–Trinajstić information content (AvgIpc) is 2.98. The standard InChI is InChI=1S/C18H25N5OSi2/c1-25(2,3)22-16-14-18(23(12-19-14)26(4,5)6)21-17(20-16)15(24)13-10-8-7-9-11-13/h7-12H,1-6H3,(H,20,21,22). The Morgan fingerprint density at radius 3 is 2.23 bits per heavy atom. The van der Waals surface area contributed by atoms with Crippen molar-refractivity contribution < 1.29 is 4.79 Å². The van der Waals surface area contributed by atoms with E-state index in [1.165, 1.54) is 0 Å². The molecule has 0 aliphatic rings. The van der Waals surface area contributed by atoms with Crippen LogP contribution >= 0.6 is 0 Å². The van der Waals surface area contributed by atoms with E-state index < -0.39 is 16.5 Å². The summed E-state index contributed by atoms with van der Waals surface area (Å²) in [5.74, 6) is 0.698. The molecule has 0 aliphatic heterocycles. The summed E-state index contributed by atoms with van der Waals surface area (Å²) in [5.41, 5.74) is 2.06. The number of rotatable bonds is 5. The fraction of sp³-hybridized carbons (Fsp3) is 0.333. The van der Waals surface area contributed by atoms with Crippen LogP contribution in [0.25, 0.3) is 11.2 Å². The van der Waals surface area contributed by atoms with E-state index >= 15 is 0 Å². The molecule has 1 aromatic carbocycles. The lowest BCUT2D eigenvalue weighted by Gasteiger charge is -2.21. The number of nitrogens with one attached hydrogen (secondary N) is 1. The first-order valence-corrected chi connectivity index (χ1v) is 15.6. The average molecular weight is 384 g/mol. The number of benzene rings is 1. The van der Waals surface area contributed by atoms with Crippen molar-refractivity contribution >= 4 is 39.2 Å². The number of ketones is 1. The van der Waals surface area contributed by atoms with Crippen molar-refractivity contribution in [3.63, 3.8) is 0 Å². The molecule has 0 spiro atoms. The third-order valence-corrected chi connectivity index (χ3v) is 6.61. The Balaban J connectivity index is 2.22. The number of anilines is 1. The van der Waals surface area contributed by atoms with E-state index in [2.05, 4.69) is 63.4 Å². The van der Waals surface area contributed by atoms with Crippen molar-refractivity contribution in [1.82, 2.24) is 19.2 Å². The summed E-state index contributed by atoms with van der Waals surface area (Å²) in [6, 6.07) is 9.16. The van der Waals surface area contributed by atoms with Crippen LogP contribution in [0, 0.1) is 0 Å². The Morgan fingerprint density at radius 2 is 1.65 bits per heavy atom. The molecule has 0 radical (unpaired) electrons. The Morgan fingerprint density at radius 1 is 1.00 bits per heavy atom. The second-order valence-electron chi connectivity index (χ2n) is 8.42. The van der Waals surface area contributed by atoms with Gasteiger partial charge in [-0.25, -0.2) is 15.0 Å². The molecule has 1 N–H and O–H groups in total. The number of carbonyl (C=O) groups excluding carboxylic acids is 1. The first-order valence-electron chi connectivity index (χ1n) is 8.70. The summed E-state index contributed by atoms with van der Waals surface area (Å²) in [4.78, 5) is 30.2. The Kier molecular flexibility index (Phi) is 4.57. The van der Waals surface area contributed by atoms with Crippen LogP contribution in [0.5, 0.6) is 0 Å². The van der Waals surface area contributed by atoms with Crippen molar-refractivity contribution in [2.75, 3.05) is 4.98 Å². The van der Waals surface area contributed by atoms with Crippen molar-refractivity contribution in [2.45, 2.75) is 39.3 Å². The summed E-state index contributed by atoms with van der Waals surface area (Å²) in [7, 11) is -3.41. The van der Waals surface area contributed by atoms with E-state index in [1.807, 2.05) is 24.5 Å². The van der Waals surface area contributed by atoms with Crippen LogP contribution < -0.4 is 4.98 Å². The minimum absolute atomic E-state index is 0.172. The van der Waals surface area contributed by atoms with Crippen LogP contribution in [0.15, 0.2) is 36.7 Å². The number of nitrogens with zero attached hydrogens (tertiary/aromatic N) is 4. The van der Waals surface area contributed by atoms with Gasteiger partial charge in [0.1, 0.15) is 13.8 Å². The first-order chi connectivity index (χ1) is 12.1. The van der Waals surface area contributed by atoms with E-state index in [0.29, 0.717) is 11.4 Å². The predicted molar refractivity (Wildman–Crippen MR) is 111 cm³/mol. The summed E-state index contributed by atoms with van der Waals surface area (Å²) >= 11 is 0. The van der Waals surface area contributed by atoms with Crippen LogP contribution in [0.4, 0.5) is 5.82 Å². The highest BCUT2D eigenvalue weighted by Crippen LogP contribution is 2.24. The first kappa shape index (κ1) is 18.5. The van der Waals surface area contributed by atoms with Crippen LogP contribution in [-0.2, 0) is 0 Å². The maximum absolute atomic E-state index is 12.9. The highest BCUT2D eigenvalue weighted by Gasteiger charge is 2.26. The zero-order valence-electron chi connectivity index (χ0n) is 16.2. The van der Waals surface area contributed by atoms with E-state index in [-0.39, 0.29) is 11.6 Å². The zero-order chi connectivity index (χ0) is 19.1. The quantitative estimate of drug-likeness (QED) is 0.533. The van der Waals surface area contributed by atoms with E-state index in [1.54, 1.807) is 12.1 Å². The molecule has 0 unspecified atom stereocenters. The molecule has 3 rings (SSSR count). The van der Waals surface area contributed by atoms with Gasteiger partial charge in [0, 0.05) is 5.56 Å². The van der Waals surface area contributed by atoms with Crippen LogP contribution in [0.1, 0.15) is 16.2 Å². The number of hydrogen-bond acceptors (Lipinski definition) is 5. The lowest BCUT2D eigenvalue weighted by Crippen LogP contribution is -2.34. The molecule has 0 saturated heterocycles. The van der Waals surface area contributed by atoms with Gasteiger partial charge in [0.2, 0.25) is 11.6 Å². The van der Waals surface area contributed by atoms with Gasteiger partial charge in [-0.15, -0.1) is 0 Å². The van der Waals surface area contributed by atoms with Crippen molar-refractivity contribution in [3.8, 4) is 0 Å². The Labute approximate surface area is 155 Å². The van der Waals surface area contributed by atoms with Crippen molar-refractivity contribution in [3.05, 3.63) is 48.0 Å². The minimum Gasteiger partial charge on any atom is -0.394 e. The maximum atomic E-state index is 12.9. The van der Waals surface area contributed by atoms with Gasteiger partial charge in [-0.3, -0.25) is 4.79 Å². The van der Waals surface area contributed by atoms with E-state index in [0.717, 1.165) is 11.2 Å². The monoisotopic (exact) mass is 383 g/mol. The summed E-state index contributed by atoms with van der Waals surface area (Å²) < 4.78 is 2.13. The molecule has 2 aromatic heterocycles. The third-order valence-electron chi connectivity index (χ3n) is 3.85. The predicted octanol–water partition coefficient (Wildman–Crippen LogP) is 3.99. The molecular formula is C18H25N5OSi2. The molecule has 8 heteroatoms. The van der Waals surface area contributed by atoms with E-state index in [9.17, 15) is 4.79 Å². The highest BCUT2D eigenvalue weighted by atomic mass is 28.3. The molecule has 3 aromatic rings. The van der Waals surface area contributed by atoms with Crippen LogP contribution in [0.3, 0.4) is 0 Å². The molecule has 2 heterocycles. The number of hydrogen-bond donors (Lipinski definition) is 1. The molecule has 26 heavy (non-hydrogen) atoms. The Bertz CT molecular complexity index is 955. The fourth-order valence-corrected chi connectivity index (χ4v) is 4.73. The molecule has 0 bridgehead atoms. The van der Waals surface area contributed by atoms with E-state index in [4.69, 9.17) is 0 Å². The maximum Gasteiger partial charge on any atom is 0.230 e. The molecule has 0 atom stereocenters. The molecule has 0 saturated carbocycles. The van der Waals surface area contributed by atoms with Gasteiger partial charge in [0.25, 0.3) is 0 Å². The highest BCUT2D eigenvalue weighted by molar-refractivity contribution is 6.79. The largest absolute Gasteiger partial charge is 0.394 e. The van der Waals surface area contributed by atoms with Gasteiger partial charge in [0.05, 0.1) is 6.33 Å². The number of fused-ring (bicyclic) bond motifs is 1. The van der Waals surface area contributed by atoms with Crippen LogP contribution in [0.2, 0.25) is 39.3 Å². The van der Waals surface area contributed by atoms with Gasteiger partial charge < -0.3 is 9.22 Å². The molecule has 0 amide bonds. The second kappa shape index (κ2) is 6.44. The summed E-state index contributed by atoms with van der Waals surface area (Å²) in [6.07, 6.45) is 1.83. The second-order valence-corrected chi connectivity index (χ2v) is 18.0. The summed E-state index contributed by atoms with van der Waals surface area (Å²) in [6.45, 7) is 13.2. The number of aromatic nitrogens is 4. The summed E-state index contributed by atoms with van der Waals surface area (Å²) in [5, 5.41) is 0. The van der Waals surface area contributed by atoms with Gasteiger partial charge in [0.15, 0.2) is 19.7 Å². The molecule has 0 aliphatic carbocycles. The molecule has 0 fully saturated rings. The van der Waals surface area contributed by atoms with Crippen molar-refractivity contribution in [2.24, 2.45) is 0 Å². The lowest BCUT2D eigenvalue weighted by atomic mass is 10.1. The SMILES string of the molecule is C[Si](C)(C)Nc1nc(C(=O)c2ccccc2)nc2c1ncn2[Si](C)(C)C. The molecule has 6 nitrogen and oxygen atoms in total. The Hall–Kier alpha value is -2.33. The normalized spacial score (nSPS) is 12.4. The zero-order valence-corrected chi connectivity index (χ0v) is 18.2. The topological polar surface area (TPSA) is 72.7 Å². The lowest BCUT2D eigenvalue weighted by molar-refractivity contribution is 0.103. The third kappa shape index (κ3) is 3.75. The number of imidazole rings is 1. The van der Waals surface area contributed by atoms with Gasteiger partial charge in [-0.2, -0.15) is 0 Å². The van der Waals surface area contributed by atoms with Crippen LogP contribution in [-0.4, -0.2) is 41.4 Å². The van der Waals surface area contributed by atoms with Gasteiger partial charge in [-0.1, -0.05) is 69.6 Å². The number of carbonyl (C=O) groups is 1. The van der Waals surface area contributed by atoms with Gasteiger partial charge in [-0.05, 0) is 0 Å². The van der Waals surface area contributed by atoms with Gasteiger partial charge >= 0.3 is 0 Å². The fourth-order valence-electron chi connectivity index (χ4n) is 2.65. The molecular weight excluding hydrogens is 358 g/mol. The van der Waals surface area contributed by atoms with Crippen molar-refractivity contribution in [1.29, 1.82) is 0 Å².